The van der Waals surface area contributed by atoms with Crippen LogP contribution in [0.5, 0.6) is 0 Å². The Kier molecular flexibility index (Phi) is 3.44. The standard InChI is InChI=1S/C17H22FN/c1-11(14-5-7-16(18)8-6-14)19-12(2)17-10-13-3-4-15(17)9-13/h3-8,11-13,15,17,19H,9-10H2,1-2H3/t11-,12?,13?,15?,17?/m0/s1. The Morgan fingerprint density at radius 2 is 1.84 bits per heavy atom. The first-order chi connectivity index (χ1) is 9.13. The molecule has 2 heteroatoms. The molecule has 19 heavy (non-hydrogen) atoms. The van der Waals surface area contributed by atoms with E-state index >= 15 is 0 Å². The second-order valence-corrected chi connectivity index (χ2v) is 6.17. The molecule has 2 aliphatic carbocycles. The van der Waals surface area contributed by atoms with Gasteiger partial charge in [-0.1, -0.05) is 24.3 Å². The minimum absolute atomic E-state index is 0.165. The van der Waals surface area contributed by atoms with Crippen LogP contribution in [0.25, 0.3) is 0 Å². The van der Waals surface area contributed by atoms with Gasteiger partial charge in [0.15, 0.2) is 0 Å². The number of halogens is 1. The lowest BCUT2D eigenvalue weighted by Gasteiger charge is -2.29. The zero-order valence-electron chi connectivity index (χ0n) is 11.6. The van der Waals surface area contributed by atoms with Gasteiger partial charge in [0.25, 0.3) is 0 Å². The lowest BCUT2D eigenvalue weighted by atomic mass is 9.87. The van der Waals surface area contributed by atoms with E-state index in [2.05, 4.69) is 31.3 Å². The van der Waals surface area contributed by atoms with E-state index in [4.69, 9.17) is 0 Å². The molecule has 0 radical (unpaired) electrons. The van der Waals surface area contributed by atoms with Crippen LogP contribution >= 0.6 is 0 Å². The third-order valence-electron chi connectivity index (χ3n) is 4.86. The molecule has 102 valence electrons. The zero-order valence-corrected chi connectivity index (χ0v) is 11.6. The molecular formula is C17H22FN. The number of benzene rings is 1. The maximum Gasteiger partial charge on any atom is 0.123 e. The van der Waals surface area contributed by atoms with Crippen LogP contribution in [0, 0.1) is 23.6 Å². The lowest BCUT2D eigenvalue weighted by Crippen LogP contribution is -2.37. The molecule has 1 fully saturated rings. The summed E-state index contributed by atoms with van der Waals surface area (Å²) >= 11 is 0. The molecular weight excluding hydrogens is 237 g/mol. The van der Waals surface area contributed by atoms with Crippen molar-refractivity contribution in [2.24, 2.45) is 17.8 Å². The van der Waals surface area contributed by atoms with Crippen LogP contribution in [0.3, 0.4) is 0 Å². The highest BCUT2D eigenvalue weighted by molar-refractivity contribution is 5.20. The molecule has 3 rings (SSSR count). The van der Waals surface area contributed by atoms with Crippen LogP contribution in [-0.4, -0.2) is 6.04 Å². The molecule has 1 aromatic carbocycles. The van der Waals surface area contributed by atoms with Crippen LogP contribution in [0.4, 0.5) is 4.39 Å². The van der Waals surface area contributed by atoms with Crippen molar-refractivity contribution in [3.63, 3.8) is 0 Å². The normalized spacial score (nSPS) is 31.6. The van der Waals surface area contributed by atoms with E-state index in [0.717, 1.165) is 23.3 Å². The SMILES string of the molecule is CC(N[C@@H](C)c1ccc(F)cc1)C1CC2C=CC1C2. The number of hydrogen-bond acceptors (Lipinski definition) is 1. The second-order valence-electron chi connectivity index (χ2n) is 6.17. The van der Waals surface area contributed by atoms with Gasteiger partial charge in [0.2, 0.25) is 0 Å². The van der Waals surface area contributed by atoms with Crippen LogP contribution in [-0.2, 0) is 0 Å². The summed E-state index contributed by atoms with van der Waals surface area (Å²) in [6.45, 7) is 4.45. The summed E-state index contributed by atoms with van der Waals surface area (Å²) in [7, 11) is 0. The van der Waals surface area contributed by atoms with Crippen LogP contribution < -0.4 is 5.32 Å². The van der Waals surface area contributed by atoms with Gasteiger partial charge in [-0.15, -0.1) is 0 Å². The molecule has 5 atom stereocenters. The first-order valence-electron chi connectivity index (χ1n) is 7.33. The summed E-state index contributed by atoms with van der Waals surface area (Å²) in [5.41, 5.74) is 1.16. The number of allylic oxidation sites excluding steroid dienone is 2. The first-order valence-corrected chi connectivity index (χ1v) is 7.33. The number of hydrogen-bond donors (Lipinski definition) is 1. The fourth-order valence-corrected chi connectivity index (χ4v) is 3.76. The Labute approximate surface area is 114 Å². The van der Waals surface area contributed by atoms with Gasteiger partial charge in [-0.25, -0.2) is 4.39 Å². The van der Waals surface area contributed by atoms with Gasteiger partial charge in [-0.3, -0.25) is 0 Å². The van der Waals surface area contributed by atoms with Crippen molar-refractivity contribution >= 4 is 0 Å². The molecule has 1 N–H and O–H groups in total. The van der Waals surface area contributed by atoms with Gasteiger partial charge < -0.3 is 5.32 Å². The van der Waals surface area contributed by atoms with Gasteiger partial charge in [-0.2, -0.15) is 0 Å². The molecule has 0 aromatic heterocycles. The van der Waals surface area contributed by atoms with E-state index in [0.29, 0.717) is 6.04 Å². The Bertz CT molecular complexity index is 465. The Hall–Kier alpha value is -1.15. The van der Waals surface area contributed by atoms with Crippen molar-refractivity contribution in [2.45, 2.75) is 38.8 Å². The summed E-state index contributed by atoms with van der Waals surface area (Å²) in [6, 6.07) is 7.62. The second kappa shape index (κ2) is 5.09. The quantitative estimate of drug-likeness (QED) is 0.803. The number of rotatable bonds is 4. The Morgan fingerprint density at radius 1 is 1.11 bits per heavy atom. The molecule has 0 aliphatic heterocycles. The van der Waals surface area contributed by atoms with Gasteiger partial charge in [0.05, 0.1) is 0 Å². The number of fused-ring (bicyclic) bond motifs is 2. The van der Waals surface area contributed by atoms with Gasteiger partial charge in [0.1, 0.15) is 5.82 Å². The summed E-state index contributed by atoms with van der Waals surface area (Å²) in [5.74, 6) is 2.19. The fraction of sp³-hybridized carbons (Fsp3) is 0.529. The predicted octanol–water partition coefficient (Wildman–Crippen LogP) is 4.08. The smallest absolute Gasteiger partial charge is 0.123 e. The average Bonchev–Trinajstić information content (AvgIpc) is 3.01. The molecule has 2 aliphatic rings. The van der Waals surface area contributed by atoms with Crippen molar-refractivity contribution in [2.75, 3.05) is 0 Å². The summed E-state index contributed by atoms with van der Waals surface area (Å²) < 4.78 is 12.9. The highest BCUT2D eigenvalue weighted by Gasteiger charge is 2.38. The topological polar surface area (TPSA) is 12.0 Å². The predicted molar refractivity (Wildman–Crippen MR) is 76.3 cm³/mol. The van der Waals surface area contributed by atoms with Crippen molar-refractivity contribution in [3.8, 4) is 0 Å². The van der Waals surface area contributed by atoms with E-state index in [1.807, 2.05) is 12.1 Å². The van der Waals surface area contributed by atoms with Crippen LogP contribution in [0.15, 0.2) is 36.4 Å². The maximum atomic E-state index is 12.9. The highest BCUT2D eigenvalue weighted by atomic mass is 19.1. The van der Waals surface area contributed by atoms with Crippen LogP contribution in [0.1, 0.15) is 38.3 Å². The molecule has 1 aromatic rings. The molecule has 0 spiro atoms. The molecule has 1 saturated carbocycles. The van der Waals surface area contributed by atoms with Gasteiger partial charge in [-0.05, 0) is 62.1 Å². The Balaban J connectivity index is 1.61. The molecule has 1 nitrogen and oxygen atoms in total. The van der Waals surface area contributed by atoms with Crippen molar-refractivity contribution in [3.05, 3.63) is 47.8 Å². The van der Waals surface area contributed by atoms with E-state index in [1.54, 1.807) is 12.1 Å². The van der Waals surface area contributed by atoms with Gasteiger partial charge >= 0.3 is 0 Å². The maximum absolute atomic E-state index is 12.9. The Morgan fingerprint density at radius 3 is 2.42 bits per heavy atom. The molecule has 4 unspecified atom stereocenters. The fourth-order valence-electron chi connectivity index (χ4n) is 3.76. The number of nitrogens with one attached hydrogen (secondary N) is 1. The minimum Gasteiger partial charge on any atom is -0.307 e. The zero-order chi connectivity index (χ0) is 13.4. The van der Waals surface area contributed by atoms with E-state index in [9.17, 15) is 4.39 Å². The van der Waals surface area contributed by atoms with Crippen molar-refractivity contribution in [1.29, 1.82) is 0 Å². The molecule has 0 saturated heterocycles. The van der Waals surface area contributed by atoms with E-state index < -0.39 is 0 Å². The first kappa shape index (κ1) is 12.9. The summed E-state index contributed by atoms with van der Waals surface area (Å²) in [5, 5.41) is 3.69. The molecule has 0 heterocycles. The van der Waals surface area contributed by atoms with E-state index in [-0.39, 0.29) is 11.9 Å². The van der Waals surface area contributed by atoms with E-state index in [1.165, 1.54) is 12.8 Å². The van der Waals surface area contributed by atoms with Crippen molar-refractivity contribution in [1.82, 2.24) is 5.32 Å². The third kappa shape index (κ3) is 2.59. The molecule has 0 amide bonds. The lowest BCUT2D eigenvalue weighted by molar-refractivity contribution is 0.307. The van der Waals surface area contributed by atoms with Crippen molar-refractivity contribution < 1.29 is 4.39 Å². The monoisotopic (exact) mass is 259 g/mol. The molecule has 2 bridgehead atoms. The highest BCUT2D eigenvalue weighted by Crippen LogP contribution is 2.45. The van der Waals surface area contributed by atoms with Gasteiger partial charge in [0, 0.05) is 12.1 Å². The minimum atomic E-state index is -0.165. The third-order valence-corrected chi connectivity index (χ3v) is 4.86. The summed E-state index contributed by atoms with van der Waals surface area (Å²) in [6.07, 6.45) is 7.46. The largest absolute Gasteiger partial charge is 0.307 e. The van der Waals surface area contributed by atoms with Crippen LogP contribution in [0.2, 0.25) is 0 Å². The summed E-state index contributed by atoms with van der Waals surface area (Å²) in [4.78, 5) is 0. The average molecular weight is 259 g/mol.